The van der Waals surface area contributed by atoms with Gasteiger partial charge in [0.1, 0.15) is 12.2 Å². The Morgan fingerprint density at radius 1 is 1.47 bits per heavy atom. The first-order valence-electron chi connectivity index (χ1n) is 6.12. The summed E-state index contributed by atoms with van der Waals surface area (Å²) in [4.78, 5) is 4.31. The summed E-state index contributed by atoms with van der Waals surface area (Å²) < 4.78 is 1.99. The second kappa shape index (κ2) is 6.50. The zero-order chi connectivity index (χ0) is 12.9. The molecule has 0 aromatic carbocycles. The molecule has 0 bridgehead atoms. The summed E-state index contributed by atoms with van der Waals surface area (Å²) >= 11 is 3.48. The van der Waals surface area contributed by atoms with Gasteiger partial charge in [0, 0.05) is 17.4 Å². The Balaban J connectivity index is 2.54. The van der Waals surface area contributed by atoms with E-state index in [1.807, 2.05) is 4.68 Å². The van der Waals surface area contributed by atoms with Crippen molar-refractivity contribution in [2.75, 3.05) is 5.33 Å². The van der Waals surface area contributed by atoms with Crippen LogP contribution in [-0.4, -0.2) is 25.6 Å². The minimum atomic E-state index is 0.123. The van der Waals surface area contributed by atoms with Gasteiger partial charge in [0.25, 0.3) is 0 Å². The van der Waals surface area contributed by atoms with Crippen LogP contribution in [0.2, 0.25) is 0 Å². The molecule has 0 saturated carbocycles. The summed E-state index contributed by atoms with van der Waals surface area (Å²) in [5.74, 6) is 1.60. The Labute approximate surface area is 112 Å². The van der Waals surface area contributed by atoms with Crippen molar-refractivity contribution in [2.45, 2.75) is 52.7 Å². The fourth-order valence-corrected chi connectivity index (χ4v) is 2.56. The number of alkyl halides is 1. The van der Waals surface area contributed by atoms with E-state index in [-0.39, 0.29) is 5.54 Å². The molecule has 98 valence electrons. The van der Waals surface area contributed by atoms with Crippen LogP contribution in [0.1, 0.15) is 39.9 Å². The number of rotatable bonds is 7. The van der Waals surface area contributed by atoms with Crippen molar-refractivity contribution in [1.82, 2.24) is 20.1 Å². The smallest absolute Gasteiger partial charge is 0.140 e. The highest BCUT2D eigenvalue weighted by atomic mass is 79.9. The van der Waals surface area contributed by atoms with E-state index in [1.165, 1.54) is 0 Å². The van der Waals surface area contributed by atoms with Gasteiger partial charge in [0.05, 0.1) is 6.54 Å². The summed E-state index contributed by atoms with van der Waals surface area (Å²) in [6.45, 7) is 10.5. The molecule has 0 aliphatic rings. The van der Waals surface area contributed by atoms with Crippen LogP contribution in [-0.2, 0) is 13.1 Å². The van der Waals surface area contributed by atoms with Gasteiger partial charge in [-0.1, -0.05) is 29.8 Å². The van der Waals surface area contributed by atoms with Crippen LogP contribution in [0.3, 0.4) is 0 Å². The molecule has 0 aliphatic heterocycles. The number of halogens is 1. The van der Waals surface area contributed by atoms with E-state index in [9.17, 15) is 0 Å². The van der Waals surface area contributed by atoms with Gasteiger partial charge in [0.2, 0.25) is 0 Å². The third kappa shape index (κ3) is 5.17. The van der Waals surface area contributed by atoms with Gasteiger partial charge in [0.15, 0.2) is 0 Å². The number of aromatic nitrogens is 3. The fraction of sp³-hybridized carbons (Fsp3) is 0.833. The molecule has 1 N–H and O–H groups in total. The van der Waals surface area contributed by atoms with Crippen molar-refractivity contribution in [3.63, 3.8) is 0 Å². The molecule has 0 aliphatic carbocycles. The Kier molecular flexibility index (Phi) is 5.59. The third-order valence-corrected chi connectivity index (χ3v) is 3.07. The van der Waals surface area contributed by atoms with E-state index < -0.39 is 0 Å². The molecule has 1 heterocycles. The maximum absolute atomic E-state index is 4.31. The number of nitrogens with one attached hydrogen (secondary N) is 1. The Bertz CT molecular complexity index is 333. The third-order valence-electron chi connectivity index (χ3n) is 2.68. The minimum absolute atomic E-state index is 0.123. The van der Waals surface area contributed by atoms with Crippen molar-refractivity contribution in [2.24, 2.45) is 5.92 Å². The Morgan fingerprint density at radius 2 is 2.18 bits per heavy atom. The summed E-state index contributed by atoms with van der Waals surface area (Å²) in [5, 5.41) is 8.79. The molecule has 0 atom stereocenters. The van der Waals surface area contributed by atoms with E-state index >= 15 is 0 Å². The first-order chi connectivity index (χ1) is 7.94. The van der Waals surface area contributed by atoms with Gasteiger partial charge >= 0.3 is 0 Å². The summed E-state index contributed by atoms with van der Waals surface area (Å²) in [6.07, 6.45) is 2.72. The van der Waals surface area contributed by atoms with Crippen LogP contribution in [0.5, 0.6) is 0 Å². The molecule has 0 amide bonds. The van der Waals surface area contributed by atoms with Gasteiger partial charge in [-0.05, 0) is 26.2 Å². The molecule has 0 radical (unpaired) electrons. The number of hydrogen-bond acceptors (Lipinski definition) is 3. The molecular formula is C12H23BrN4. The van der Waals surface area contributed by atoms with E-state index in [0.717, 1.165) is 30.7 Å². The lowest BCUT2D eigenvalue weighted by atomic mass is 10.0. The molecule has 0 fully saturated rings. The summed E-state index contributed by atoms with van der Waals surface area (Å²) in [7, 11) is 0. The monoisotopic (exact) mass is 302 g/mol. The van der Waals surface area contributed by atoms with E-state index in [1.54, 1.807) is 6.33 Å². The number of hydrogen-bond donors (Lipinski definition) is 1. The standard InChI is InChI=1S/C12H23BrN4/c1-10(2)8-17-11(14-9-16-17)7-15-12(3,4)5-6-13/h9-10,15H,5-8H2,1-4H3. The molecule has 0 saturated heterocycles. The SMILES string of the molecule is CC(C)Cn1ncnc1CNC(C)(C)CCBr. The first kappa shape index (κ1) is 14.6. The fourth-order valence-electron chi connectivity index (χ4n) is 1.57. The van der Waals surface area contributed by atoms with Crippen molar-refractivity contribution < 1.29 is 0 Å². The van der Waals surface area contributed by atoms with E-state index in [0.29, 0.717) is 5.92 Å². The molecule has 0 unspecified atom stereocenters. The van der Waals surface area contributed by atoms with Gasteiger partial charge in [-0.3, -0.25) is 0 Å². The summed E-state index contributed by atoms with van der Waals surface area (Å²) in [6, 6.07) is 0. The van der Waals surface area contributed by atoms with Gasteiger partial charge in [-0.2, -0.15) is 5.10 Å². The normalized spacial score (nSPS) is 12.4. The maximum Gasteiger partial charge on any atom is 0.140 e. The van der Waals surface area contributed by atoms with Crippen LogP contribution in [0.15, 0.2) is 6.33 Å². The molecule has 1 aromatic heterocycles. The van der Waals surface area contributed by atoms with Crippen molar-refractivity contribution in [1.29, 1.82) is 0 Å². The molecule has 5 heteroatoms. The van der Waals surface area contributed by atoms with Gasteiger partial charge in [-0.25, -0.2) is 9.67 Å². The van der Waals surface area contributed by atoms with Crippen molar-refractivity contribution >= 4 is 15.9 Å². The van der Waals surface area contributed by atoms with Crippen LogP contribution < -0.4 is 5.32 Å². The highest BCUT2D eigenvalue weighted by molar-refractivity contribution is 9.09. The van der Waals surface area contributed by atoms with Crippen LogP contribution in [0.4, 0.5) is 0 Å². The zero-order valence-electron chi connectivity index (χ0n) is 11.2. The lowest BCUT2D eigenvalue weighted by Gasteiger charge is -2.25. The largest absolute Gasteiger partial charge is 0.305 e. The number of nitrogens with zero attached hydrogens (tertiary/aromatic N) is 3. The van der Waals surface area contributed by atoms with Crippen LogP contribution >= 0.6 is 15.9 Å². The van der Waals surface area contributed by atoms with Crippen molar-refractivity contribution in [3.05, 3.63) is 12.2 Å². The van der Waals surface area contributed by atoms with Crippen LogP contribution in [0.25, 0.3) is 0 Å². The lowest BCUT2D eigenvalue weighted by molar-refractivity contribution is 0.362. The molecule has 1 rings (SSSR count). The molecule has 4 nitrogen and oxygen atoms in total. The molecular weight excluding hydrogens is 280 g/mol. The topological polar surface area (TPSA) is 42.7 Å². The average Bonchev–Trinajstić information content (AvgIpc) is 2.61. The quantitative estimate of drug-likeness (QED) is 0.787. The lowest BCUT2D eigenvalue weighted by Crippen LogP contribution is -2.39. The first-order valence-corrected chi connectivity index (χ1v) is 7.24. The Hall–Kier alpha value is -0.420. The average molecular weight is 303 g/mol. The second-order valence-corrected chi connectivity index (χ2v) is 6.22. The highest BCUT2D eigenvalue weighted by Gasteiger charge is 2.17. The zero-order valence-corrected chi connectivity index (χ0v) is 12.8. The van der Waals surface area contributed by atoms with Gasteiger partial charge < -0.3 is 5.32 Å². The van der Waals surface area contributed by atoms with E-state index in [4.69, 9.17) is 0 Å². The predicted molar refractivity (Wildman–Crippen MR) is 74.2 cm³/mol. The van der Waals surface area contributed by atoms with Gasteiger partial charge in [-0.15, -0.1) is 0 Å². The predicted octanol–water partition coefficient (Wildman–Crippen LogP) is 2.59. The summed E-state index contributed by atoms with van der Waals surface area (Å²) in [5.41, 5.74) is 0.123. The minimum Gasteiger partial charge on any atom is -0.305 e. The molecule has 1 aromatic rings. The van der Waals surface area contributed by atoms with Crippen molar-refractivity contribution in [3.8, 4) is 0 Å². The highest BCUT2D eigenvalue weighted by Crippen LogP contribution is 2.11. The Morgan fingerprint density at radius 3 is 2.76 bits per heavy atom. The molecule has 17 heavy (non-hydrogen) atoms. The maximum atomic E-state index is 4.31. The second-order valence-electron chi connectivity index (χ2n) is 5.43. The molecule has 0 spiro atoms. The van der Waals surface area contributed by atoms with E-state index in [2.05, 4.69) is 59.0 Å². The van der Waals surface area contributed by atoms with Crippen LogP contribution in [0, 0.1) is 5.92 Å².